The van der Waals surface area contributed by atoms with E-state index >= 15 is 0 Å². The van der Waals surface area contributed by atoms with Gasteiger partial charge < -0.3 is 16.8 Å². The van der Waals surface area contributed by atoms with Crippen LogP contribution in [0.15, 0.2) is 0 Å². The molecule has 6 nitrogen and oxygen atoms in total. The summed E-state index contributed by atoms with van der Waals surface area (Å²) in [7, 11) is 0. The van der Waals surface area contributed by atoms with Gasteiger partial charge in [-0.2, -0.15) is 5.26 Å². The molecule has 1 aromatic heterocycles. The summed E-state index contributed by atoms with van der Waals surface area (Å²) in [6, 6.07) is 2.91. The topological polar surface area (TPSA) is 108 Å². The van der Waals surface area contributed by atoms with E-state index in [0.29, 0.717) is 29.2 Å². The first-order valence-electron chi connectivity index (χ1n) is 6.91. The molecule has 0 aromatic carbocycles. The highest BCUT2D eigenvalue weighted by atomic mass is 32.1. The van der Waals surface area contributed by atoms with E-state index < -0.39 is 5.91 Å². The monoisotopic (exact) mass is 309 g/mol. The summed E-state index contributed by atoms with van der Waals surface area (Å²) in [5, 5.41) is 12.9. The molecule has 0 fully saturated rings. The number of hydrogen-bond acceptors (Lipinski definition) is 6. The largest absolute Gasteiger partial charge is 0.396 e. The highest BCUT2D eigenvalue weighted by Gasteiger charge is 2.19. The number of nitrogen functional groups attached to an aromatic ring is 1. The van der Waals surface area contributed by atoms with Gasteiger partial charge in [0.2, 0.25) is 0 Å². The number of primary amides is 1. The van der Waals surface area contributed by atoms with Gasteiger partial charge in [0.15, 0.2) is 0 Å². The molecule has 1 rings (SSSR count). The van der Waals surface area contributed by atoms with Crippen LogP contribution in [0, 0.1) is 11.3 Å². The van der Waals surface area contributed by atoms with Crippen molar-refractivity contribution in [2.24, 2.45) is 5.73 Å². The van der Waals surface area contributed by atoms with Gasteiger partial charge >= 0.3 is 0 Å². The number of amides is 1. The third kappa shape index (κ3) is 4.09. The predicted molar refractivity (Wildman–Crippen MR) is 87.4 cm³/mol. The third-order valence-corrected chi connectivity index (χ3v) is 4.44. The lowest BCUT2D eigenvalue weighted by atomic mass is 10.2. The second-order valence-corrected chi connectivity index (χ2v) is 6.40. The first kappa shape index (κ1) is 17.3. The van der Waals surface area contributed by atoms with Gasteiger partial charge in [0.1, 0.15) is 21.5 Å². The Labute approximate surface area is 129 Å². The molecule has 0 bridgehead atoms. The quantitative estimate of drug-likeness (QED) is 0.712. The number of carbonyl (C=O) groups excluding carboxylic acids is 1. The summed E-state index contributed by atoms with van der Waals surface area (Å²) in [5.41, 5.74) is 11.5. The molecule has 1 amide bonds. The van der Waals surface area contributed by atoms with Crippen molar-refractivity contribution in [3.05, 3.63) is 10.4 Å². The minimum absolute atomic E-state index is 0.169. The van der Waals surface area contributed by atoms with Crippen molar-refractivity contribution in [3.8, 4) is 6.07 Å². The van der Waals surface area contributed by atoms with Gasteiger partial charge in [-0.05, 0) is 27.7 Å². The Kier molecular flexibility index (Phi) is 6.00. The number of carbonyl (C=O) groups is 1. The highest BCUT2D eigenvalue weighted by molar-refractivity contribution is 7.18. The van der Waals surface area contributed by atoms with Crippen molar-refractivity contribution in [2.75, 3.05) is 24.1 Å². The Morgan fingerprint density at radius 1 is 1.38 bits per heavy atom. The van der Waals surface area contributed by atoms with Crippen LogP contribution in [0.1, 0.15) is 42.9 Å². The minimum atomic E-state index is -0.604. The molecule has 21 heavy (non-hydrogen) atoms. The summed E-state index contributed by atoms with van der Waals surface area (Å²) in [6.07, 6.45) is 0. The molecule has 0 aliphatic rings. The van der Waals surface area contributed by atoms with E-state index in [9.17, 15) is 4.79 Å². The highest BCUT2D eigenvalue weighted by Crippen LogP contribution is 2.34. The molecule has 0 spiro atoms. The van der Waals surface area contributed by atoms with Crippen LogP contribution in [0.25, 0.3) is 0 Å². The fourth-order valence-corrected chi connectivity index (χ4v) is 3.22. The summed E-state index contributed by atoms with van der Waals surface area (Å²) in [6.45, 7) is 10.1. The summed E-state index contributed by atoms with van der Waals surface area (Å²) >= 11 is 1.14. The Balaban J connectivity index is 2.79. The standard InChI is InChI=1S/C14H23N5OS/c1-8(2)19(9(3)4)6-5-18-14-10(7-15)11(16)12(21-14)13(17)20/h8-9,18H,5-6,16H2,1-4H3,(H2,17,20). The number of nitrogens with one attached hydrogen (secondary N) is 1. The zero-order valence-electron chi connectivity index (χ0n) is 12.9. The number of rotatable bonds is 7. The molecular weight excluding hydrogens is 286 g/mol. The molecular formula is C14H23N5OS. The molecule has 0 aliphatic carbocycles. The predicted octanol–water partition coefficient (Wildman–Crippen LogP) is 1.83. The van der Waals surface area contributed by atoms with Crippen LogP contribution in [0.2, 0.25) is 0 Å². The maximum atomic E-state index is 11.3. The van der Waals surface area contributed by atoms with Crippen LogP contribution in [-0.2, 0) is 0 Å². The Morgan fingerprint density at radius 2 is 1.95 bits per heavy atom. The Hall–Kier alpha value is -1.78. The molecule has 0 atom stereocenters. The van der Waals surface area contributed by atoms with Crippen molar-refractivity contribution in [1.82, 2.24) is 4.90 Å². The van der Waals surface area contributed by atoms with Gasteiger partial charge in [-0.1, -0.05) is 0 Å². The van der Waals surface area contributed by atoms with Gasteiger partial charge in [0, 0.05) is 25.2 Å². The number of nitriles is 1. The molecule has 0 aliphatic heterocycles. The average molecular weight is 309 g/mol. The van der Waals surface area contributed by atoms with Crippen LogP contribution in [0.5, 0.6) is 0 Å². The van der Waals surface area contributed by atoms with Crippen molar-refractivity contribution in [3.63, 3.8) is 0 Å². The van der Waals surface area contributed by atoms with Crippen LogP contribution >= 0.6 is 11.3 Å². The van der Waals surface area contributed by atoms with E-state index in [1.165, 1.54) is 0 Å². The summed E-state index contributed by atoms with van der Waals surface area (Å²) < 4.78 is 0. The molecule has 1 heterocycles. The van der Waals surface area contributed by atoms with Gasteiger partial charge in [0.05, 0.1) is 5.69 Å². The Bertz CT molecular complexity index is 536. The van der Waals surface area contributed by atoms with E-state index in [1.54, 1.807) is 0 Å². The maximum Gasteiger partial charge on any atom is 0.261 e. The van der Waals surface area contributed by atoms with Gasteiger partial charge in [-0.15, -0.1) is 11.3 Å². The molecule has 1 aromatic rings. The molecule has 5 N–H and O–H groups in total. The zero-order chi connectivity index (χ0) is 16.2. The average Bonchev–Trinajstić information content (AvgIpc) is 2.70. The number of anilines is 2. The fraction of sp³-hybridized carbons (Fsp3) is 0.571. The molecule has 0 unspecified atom stereocenters. The van der Waals surface area contributed by atoms with Crippen molar-refractivity contribution >= 4 is 27.9 Å². The van der Waals surface area contributed by atoms with Crippen LogP contribution < -0.4 is 16.8 Å². The van der Waals surface area contributed by atoms with E-state index in [-0.39, 0.29) is 10.6 Å². The summed E-state index contributed by atoms with van der Waals surface area (Å²) in [4.78, 5) is 13.8. The first-order valence-corrected chi connectivity index (χ1v) is 7.73. The van der Waals surface area contributed by atoms with Crippen LogP contribution in [0.3, 0.4) is 0 Å². The Morgan fingerprint density at radius 3 is 2.38 bits per heavy atom. The van der Waals surface area contributed by atoms with E-state index in [1.807, 2.05) is 6.07 Å². The maximum absolute atomic E-state index is 11.3. The molecule has 7 heteroatoms. The normalized spacial score (nSPS) is 11.1. The minimum Gasteiger partial charge on any atom is -0.396 e. The fourth-order valence-electron chi connectivity index (χ4n) is 2.27. The van der Waals surface area contributed by atoms with E-state index in [2.05, 4.69) is 37.9 Å². The molecule has 0 saturated heterocycles. The SMILES string of the molecule is CC(C)N(CCNc1sc(C(N)=O)c(N)c1C#N)C(C)C. The zero-order valence-corrected chi connectivity index (χ0v) is 13.8. The lowest BCUT2D eigenvalue weighted by Crippen LogP contribution is -2.40. The third-order valence-electron chi connectivity index (χ3n) is 3.26. The lowest BCUT2D eigenvalue weighted by Gasteiger charge is -2.30. The lowest BCUT2D eigenvalue weighted by molar-refractivity contribution is 0.100. The smallest absolute Gasteiger partial charge is 0.261 e. The van der Waals surface area contributed by atoms with Gasteiger partial charge in [0.25, 0.3) is 5.91 Å². The molecule has 116 valence electrons. The number of nitrogens with zero attached hydrogens (tertiary/aromatic N) is 2. The van der Waals surface area contributed by atoms with Crippen molar-refractivity contribution in [2.45, 2.75) is 39.8 Å². The van der Waals surface area contributed by atoms with E-state index in [4.69, 9.17) is 16.7 Å². The van der Waals surface area contributed by atoms with Gasteiger partial charge in [-0.25, -0.2) is 0 Å². The first-order chi connectivity index (χ1) is 9.79. The van der Waals surface area contributed by atoms with Crippen LogP contribution in [-0.4, -0.2) is 36.0 Å². The summed E-state index contributed by atoms with van der Waals surface area (Å²) in [5.74, 6) is -0.604. The van der Waals surface area contributed by atoms with Crippen molar-refractivity contribution in [1.29, 1.82) is 5.26 Å². The molecule has 0 saturated carbocycles. The van der Waals surface area contributed by atoms with Crippen LogP contribution in [0.4, 0.5) is 10.7 Å². The number of nitrogens with two attached hydrogens (primary N) is 2. The van der Waals surface area contributed by atoms with E-state index in [0.717, 1.165) is 17.9 Å². The van der Waals surface area contributed by atoms with Gasteiger partial charge in [-0.3, -0.25) is 9.69 Å². The second kappa shape index (κ2) is 7.29. The van der Waals surface area contributed by atoms with Crippen molar-refractivity contribution < 1.29 is 4.79 Å². The number of thiophene rings is 1. The second-order valence-electron chi connectivity index (χ2n) is 5.38. The number of hydrogen-bond donors (Lipinski definition) is 3. The molecule has 0 radical (unpaired) electrons.